The third-order valence-corrected chi connectivity index (χ3v) is 1.42. The molecule has 0 aromatic carbocycles. The topological polar surface area (TPSA) is 12.4 Å². The second kappa shape index (κ2) is 1.79. The summed E-state index contributed by atoms with van der Waals surface area (Å²) in [5.74, 6) is 0. The van der Waals surface area contributed by atoms with Gasteiger partial charge in [-0.3, -0.25) is 0 Å². The first-order chi connectivity index (χ1) is 2.56. The molecule has 0 heterocycles. The normalized spacial score (nSPS) is 11.8. The molecule has 6 heavy (non-hydrogen) atoms. The highest BCUT2D eigenvalue weighted by Gasteiger charge is 2.00. The summed E-state index contributed by atoms with van der Waals surface area (Å²) in [6.07, 6.45) is 0. The highest BCUT2D eigenvalue weighted by molar-refractivity contribution is 7.04. The summed E-state index contributed by atoms with van der Waals surface area (Å²) < 4.78 is 4.05. The number of rotatable bonds is 0. The Morgan fingerprint density at radius 2 is 1.50 bits per heavy atom. The molecule has 0 saturated heterocycles. The van der Waals surface area contributed by atoms with Crippen molar-refractivity contribution in [3.8, 4) is 0 Å². The molecule has 0 aliphatic rings. The molecule has 0 N–H and O–H groups in total. The minimum atomic E-state index is 0.179. The van der Waals surface area contributed by atoms with Gasteiger partial charge in [-0.25, -0.2) is 0 Å². The van der Waals surface area contributed by atoms with Crippen LogP contribution in [0.15, 0.2) is 4.74 Å². The Kier molecular flexibility index (Phi) is 1.86. The molecule has 0 amide bonds. The molecule has 0 aromatic heterocycles. The third-order valence-electron chi connectivity index (χ3n) is 0.474. The highest BCUT2D eigenvalue weighted by atomic mass is 31.0. The van der Waals surface area contributed by atoms with Crippen LogP contribution < -0.4 is 0 Å². The van der Waals surface area contributed by atoms with Crippen LogP contribution in [0.3, 0.4) is 0 Å². The van der Waals surface area contributed by atoms with E-state index in [4.69, 9.17) is 0 Å². The summed E-state index contributed by atoms with van der Waals surface area (Å²) in [7, 11) is 1.66. The van der Waals surface area contributed by atoms with Crippen molar-refractivity contribution < 1.29 is 0 Å². The molecule has 0 radical (unpaired) electrons. The van der Waals surface area contributed by atoms with Crippen molar-refractivity contribution >= 4 is 9.03 Å². The van der Waals surface area contributed by atoms with Gasteiger partial charge in [0.05, 0.1) is 0 Å². The quantitative estimate of drug-likeness (QED) is 0.415. The predicted octanol–water partition coefficient (Wildman–Crippen LogP) is 1.58. The van der Waals surface area contributed by atoms with Gasteiger partial charge in [-0.1, -0.05) is 9.03 Å². The molecule has 0 bridgehead atoms. The Balaban J connectivity index is 3.45. The Hall–Kier alpha value is 0.230. The molecule has 1 nitrogen and oxygen atoms in total. The van der Waals surface area contributed by atoms with Crippen molar-refractivity contribution in [3.05, 3.63) is 0 Å². The standard InChI is InChI=1S/C4H12NP/c1-4(2,3)5-6/h1-3,6H3. The maximum absolute atomic E-state index is 4.05. The van der Waals surface area contributed by atoms with Crippen LogP contribution in [0.5, 0.6) is 0 Å². The van der Waals surface area contributed by atoms with E-state index in [1.54, 1.807) is 9.03 Å². The lowest BCUT2D eigenvalue weighted by molar-refractivity contribution is 0.594. The molecular weight excluding hydrogens is 93.0 g/mol. The van der Waals surface area contributed by atoms with Crippen LogP contribution in [0.4, 0.5) is 0 Å². The second-order valence-corrected chi connectivity index (χ2v) is 2.65. The van der Waals surface area contributed by atoms with Crippen LogP contribution in [0.25, 0.3) is 0 Å². The van der Waals surface area contributed by atoms with Crippen molar-refractivity contribution in [2.75, 3.05) is 0 Å². The number of hydrogen-bond donors (Lipinski definition) is 0. The van der Waals surface area contributed by atoms with Crippen LogP contribution in [0.2, 0.25) is 0 Å². The molecule has 38 valence electrons. The number of hydrogen-bond acceptors (Lipinski definition) is 1. The van der Waals surface area contributed by atoms with E-state index in [1.165, 1.54) is 0 Å². The highest BCUT2D eigenvalue weighted by Crippen LogP contribution is 2.06. The zero-order valence-corrected chi connectivity index (χ0v) is 6.07. The second-order valence-electron chi connectivity index (χ2n) is 2.33. The van der Waals surface area contributed by atoms with Gasteiger partial charge in [0.15, 0.2) is 0 Å². The molecule has 0 spiro atoms. The predicted molar refractivity (Wildman–Crippen MR) is 33.3 cm³/mol. The summed E-state index contributed by atoms with van der Waals surface area (Å²) in [4.78, 5) is 0. The van der Waals surface area contributed by atoms with E-state index >= 15 is 0 Å². The Bertz CT molecular complexity index is 53.1. The molecule has 2 heteroatoms. The zero-order valence-electron chi connectivity index (χ0n) is 4.65. The van der Waals surface area contributed by atoms with Gasteiger partial charge in [0.2, 0.25) is 0 Å². The largest absolute Gasteiger partial charge is 0.307 e. The number of nitrogens with zero attached hydrogens (tertiary/aromatic N) is 1. The zero-order chi connectivity index (χ0) is 5.21. The minimum Gasteiger partial charge on any atom is -0.307 e. The van der Waals surface area contributed by atoms with Crippen LogP contribution in [-0.2, 0) is 0 Å². The molecule has 0 aromatic rings. The lowest BCUT2D eigenvalue weighted by Crippen LogP contribution is -2.05. The van der Waals surface area contributed by atoms with Crippen LogP contribution in [-0.4, -0.2) is 5.54 Å². The molecule has 0 aliphatic carbocycles. The van der Waals surface area contributed by atoms with Gasteiger partial charge in [0, 0.05) is 5.54 Å². The lowest BCUT2D eigenvalue weighted by Gasteiger charge is -2.08. The molecule has 0 aliphatic heterocycles. The van der Waals surface area contributed by atoms with E-state index < -0.39 is 0 Å². The van der Waals surface area contributed by atoms with Gasteiger partial charge < -0.3 is 4.74 Å². The van der Waals surface area contributed by atoms with Crippen LogP contribution in [0.1, 0.15) is 20.8 Å². The first-order valence-electron chi connectivity index (χ1n) is 2.04. The maximum Gasteiger partial charge on any atom is 0.0500 e. The molecule has 0 fully saturated rings. The average molecular weight is 105 g/mol. The van der Waals surface area contributed by atoms with Crippen LogP contribution >= 0.6 is 9.03 Å². The fraction of sp³-hybridized carbons (Fsp3) is 1.00. The first-order valence-corrected chi connectivity index (χ1v) is 2.67. The fourth-order valence-electron chi connectivity index (χ4n) is 0. The summed E-state index contributed by atoms with van der Waals surface area (Å²) in [5.41, 5.74) is 0.179. The molecule has 0 saturated carbocycles. The maximum atomic E-state index is 4.05. The smallest absolute Gasteiger partial charge is 0.0500 e. The molecule has 1 unspecified atom stereocenters. The van der Waals surface area contributed by atoms with Gasteiger partial charge in [-0.15, -0.1) is 0 Å². The Morgan fingerprint density at radius 3 is 1.50 bits per heavy atom. The summed E-state index contributed by atoms with van der Waals surface area (Å²) in [6, 6.07) is 0. The third kappa shape index (κ3) is 4.23. The van der Waals surface area contributed by atoms with Gasteiger partial charge in [0.1, 0.15) is 0 Å². The van der Waals surface area contributed by atoms with E-state index in [2.05, 4.69) is 25.5 Å². The van der Waals surface area contributed by atoms with E-state index in [1.807, 2.05) is 0 Å². The summed E-state index contributed by atoms with van der Waals surface area (Å²) in [5, 5.41) is 0. The van der Waals surface area contributed by atoms with E-state index in [-0.39, 0.29) is 5.54 Å². The Labute approximate surface area is 41.1 Å². The SMILES string of the molecule is CC(C)(C)N=[PH3]. The first kappa shape index (κ1) is 6.23. The lowest BCUT2D eigenvalue weighted by atomic mass is 10.1. The van der Waals surface area contributed by atoms with Gasteiger partial charge >= 0.3 is 0 Å². The summed E-state index contributed by atoms with van der Waals surface area (Å²) in [6.45, 7) is 6.25. The van der Waals surface area contributed by atoms with Crippen LogP contribution in [0, 0.1) is 0 Å². The Morgan fingerprint density at radius 1 is 1.33 bits per heavy atom. The monoisotopic (exact) mass is 105 g/mol. The molecule has 1 atom stereocenters. The minimum absolute atomic E-state index is 0.179. The van der Waals surface area contributed by atoms with E-state index in [9.17, 15) is 0 Å². The van der Waals surface area contributed by atoms with Crippen molar-refractivity contribution in [2.24, 2.45) is 4.74 Å². The van der Waals surface area contributed by atoms with Crippen molar-refractivity contribution in [3.63, 3.8) is 0 Å². The van der Waals surface area contributed by atoms with Crippen molar-refractivity contribution in [1.29, 1.82) is 0 Å². The van der Waals surface area contributed by atoms with Gasteiger partial charge in [-0.05, 0) is 20.8 Å². The fourth-order valence-corrected chi connectivity index (χ4v) is 0. The van der Waals surface area contributed by atoms with E-state index in [0.29, 0.717) is 0 Å². The molecular formula is C4H12NP. The average Bonchev–Trinajstić information content (AvgIpc) is 1.35. The van der Waals surface area contributed by atoms with E-state index in [0.717, 1.165) is 0 Å². The van der Waals surface area contributed by atoms with Gasteiger partial charge in [0.25, 0.3) is 0 Å². The summed E-state index contributed by atoms with van der Waals surface area (Å²) >= 11 is 0. The van der Waals surface area contributed by atoms with Crippen molar-refractivity contribution in [1.82, 2.24) is 0 Å². The van der Waals surface area contributed by atoms with Gasteiger partial charge in [-0.2, -0.15) is 0 Å². The van der Waals surface area contributed by atoms with Crippen molar-refractivity contribution in [2.45, 2.75) is 26.3 Å². The molecule has 0 rings (SSSR count).